The quantitative estimate of drug-likeness (QED) is 0.810. The highest BCUT2D eigenvalue weighted by Gasteiger charge is 2.35. The van der Waals surface area contributed by atoms with E-state index in [0.29, 0.717) is 38.0 Å². The van der Waals surface area contributed by atoms with Gasteiger partial charge >= 0.3 is 6.09 Å². The Hall–Kier alpha value is -1.26. The summed E-state index contributed by atoms with van der Waals surface area (Å²) in [7, 11) is 0. The van der Waals surface area contributed by atoms with Crippen LogP contribution in [0.2, 0.25) is 0 Å². The van der Waals surface area contributed by atoms with Crippen LogP contribution in [0.5, 0.6) is 0 Å². The van der Waals surface area contributed by atoms with Crippen molar-refractivity contribution in [3.63, 3.8) is 0 Å². The summed E-state index contributed by atoms with van der Waals surface area (Å²) in [5, 5.41) is 3.01. The summed E-state index contributed by atoms with van der Waals surface area (Å²) in [4.78, 5) is 24.9. The van der Waals surface area contributed by atoms with Gasteiger partial charge in [0.05, 0.1) is 6.61 Å². The molecule has 0 aliphatic carbocycles. The van der Waals surface area contributed by atoms with Gasteiger partial charge < -0.3 is 15.0 Å². The van der Waals surface area contributed by atoms with E-state index in [4.69, 9.17) is 4.74 Å². The van der Waals surface area contributed by atoms with Crippen molar-refractivity contribution < 1.29 is 14.3 Å². The van der Waals surface area contributed by atoms with Gasteiger partial charge in [-0.3, -0.25) is 4.79 Å². The van der Waals surface area contributed by atoms with E-state index < -0.39 is 0 Å². The Kier molecular flexibility index (Phi) is 4.09. The van der Waals surface area contributed by atoms with Crippen molar-refractivity contribution in [1.82, 2.24) is 10.2 Å². The van der Waals surface area contributed by atoms with Crippen molar-refractivity contribution in [2.75, 3.05) is 19.7 Å². The Bertz CT molecular complexity index is 330. The maximum atomic E-state index is 11.9. The summed E-state index contributed by atoms with van der Waals surface area (Å²) in [6, 6.07) is 0.250. The normalized spacial score (nSPS) is 27.7. The first-order valence-corrected chi connectivity index (χ1v) is 6.77. The number of nitrogens with one attached hydrogen (secondary N) is 1. The van der Waals surface area contributed by atoms with Crippen molar-refractivity contribution in [1.29, 1.82) is 0 Å². The van der Waals surface area contributed by atoms with Crippen molar-refractivity contribution in [2.45, 2.75) is 39.2 Å². The maximum absolute atomic E-state index is 11.9. The molecule has 0 bridgehead atoms. The number of piperidine rings is 2. The summed E-state index contributed by atoms with van der Waals surface area (Å²) >= 11 is 0. The van der Waals surface area contributed by atoms with Crippen LogP contribution in [0.1, 0.15) is 33.1 Å². The SMILES string of the molecule is CC(C)COC(=O)N1CCC2NC(=O)CCC2C1. The van der Waals surface area contributed by atoms with Gasteiger partial charge in [-0.05, 0) is 24.7 Å². The minimum atomic E-state index is -0.209. The molecule has 2 fully saturated rings. The van der Waals surface area contributed by atoms with Crippen LogP contribution in [-0.2, 0) is 9.53 Å². The van der Waals surface area contributed by atoms with E-state index >= 15 is 0 Å². The van der Waals surface area contributed by atoms with E-state index in [2.05, 4.69) is 5.32 Å². The Labute approximate surface area is 108 Å². The molecule has 1 N–H and O–H groups in total. The standard InChI is InChI=1S/C13H22N2O3/c1-9(2)8-18-13(17)15-6-5-11-10(7-15)3-4-12(16)14-11/h9-11H,3-8H2,1-2H3,(H,14,16). The fraction of sp³-hybridized carbons (Fsp3) is 0.846. The van der Waals surface area contributed by atoms with Gasteiger partial charge in [0.25, 0.3) is 0 Å². The van der Waals surface area contributed by atoms with E-state index in [-0.39, 0.29) is 18.0 Å². The number of carbonyl (C=O) groups excluding carboxylic acids is 2. The number of carbonyl (C=O) groups is 2. The van der Waals surface area contributed by atoms with Gasteiger partial charge in [-0.1, -0.05) is 13.8 Å². The number of ether oxygens (including phenoxy) is 1. The number of hydrogen-bond acceptors (Lipinski definition) is 3. The Balaban J connectivity index is 1.83. The third-order valence-corrected chi connectivity index (χ3v) is 3.62. The molecule has 2 aliphatic heterocycles. The first-order chi connectivity index (χ1) is 8.56. The number of hydrogen-bond donors (Lipinski definition) is 1. The molecular formula is C13H22N2O3. The van der Waals surface area contributed by atoms with Crippen LogP contribution < -0.4 is 5.32 Å². The molecule has 0 radical (unpaired) electrons. The summed E-state index contributed by atoms with van der Waals surface area (Å²) in [5.74, 6) is 0.899. The first-order valence-electron chi connectivity index (χ1n) is 6.77. The molecule has 0 spiro atoms. The zero-order valence-electron chi connectivity index (χ0n) is 11.1. The molecule has 5 heteroatoms. The average Bonchev–Trinajstić information content (AvgIpc) is 2.35. The van der Waals surface area contributed by atoms with Gasteiger partial charge in [0.2, 0.25) is 5.91 Å². The molecule has 2 atom stereocenters. The number of fused-ring (bicyclic) bond motifs is 1. The van der Waals surface area contributed by atoms with Gasteiger partial charge in [0.1, 0.15) is 0 Å². The Morgan fingerprint density at radius 3 is 3.00 bits per heavy atom. The van der Waals surface area contributed by atoms with Gasteiger partial charge in [-0.15, -0.1) is 0 Å². The highest BCUT2D eigenvalue weighted by Crippen LogP contribution is 2.25. The predicted octanol–water partition coefficient (Wildman–Crippen LogP) is 1.38. The molecule has 2 rings (SSSR count). The van der Waals surface area contributed by atoms with Crippen LogP contribution in [0.25, 0.3) is 0 Å². The Morgan fingerprint density at radius 2 is 2.28 bits per heavy atom. The second kappa shape index (κ2) is 5.59. The van der Waals surface area contributed by atoms with E-state index in [1.165, 1.54) is 0 Å². The van der Waals surface area contributed by atoms with E-state index in [1.807, 2.05) is 13.8 Å². The zero-order valence-corrected chi connectivity index (χ0v) is 11.1. The van der Waals surface area contributed by atoms with Crippen molar-refractivity contribution in [2.24, 2.45) is 11.8 Å². The monoisotopic (exact) mass is 254 g/mol. The highest BCUT2D eigenvalue weighted by atomic mass is 16.6. The van der Waals surface area contributed by atoms with E-state index in [1.54, 1.807) is 4.90 Å². The van der Waals surface area contributed by atoms with Crippen LogP contribution in [0.15, 0.2) is 0 Å². The fourth-order valence-electron chi connectivity index (χ4n) is 2.61. The molecule has 2 aliphatic rings. The second-order valence-corrected chi connectivity index (χ2v) is 5.68. The summed E-state index contributed by atoms with van der Waals surface area (Å²) in [5.41, 5.74) is 0. The molecule has 0 aromatic rings. The highest BCUT2D eigenvalue weighted by molar-refractivity contribution is 5.77. The van der Waals surface area contributed by atoms with Gasteiger partial charge in [-0.25, -0.2) is 4.79 Å². The molecule has 0 saturated carbocycles. The van der Waals surface area contributed by atoms with Crippen LogP contribution in [0.3, 0.4) is 0 Å². The van der Waals surface area contributed by atoms with Crippen LogP contribution in [0.4, 0.5) is 4.79 Å². The lowest BCUT2D eigenvalue weighted by Crippen LogP contribution is -2.55. The van der Waals surface area contributed by atoms with Crippen molar-refractivity contribution >= 4 is 12.0 Å². The Morgan fingerprint density at radius 1 is 1.50 bits per heavy atom. The van der Waals surface area contributed by atoms with Gasteiger partial charge in [0, 0.05) is 25.6 Å². The molecule has 0 aromatic carbocycles. The number of likely N-dealkylation sites (tertiary alicyclic amines) is 1. The summed E-state index contributed by atoms with van der Waals surface area (Å²) in [6.07, 6.45) is 2.09. The smallest absolute Gasteiger partial charge is 0.409 e. The first kappa shape index (κ1) is 13.2. The number of rotatable bonds is 2. The van der Waals surface area contributed by atoms with Gasteiger partial charge in [0.15, 0.2) is 0 Å². The topological polar surface area (TPSA) is 58.6 Å². The molecule has 5 nitrogen and oxygen atoms in total. The summed E-state index contributed by atoms with van der Waals surface area (Å²) in [6.45, 7) is 5.91. The zero-order chi connectivity index (χ0) is 13.1. The van der Waals surface area contributed by atoms with Crippen LogP contribution in [0, 0.1) is 11.8 Å². The number of nitrogens with zero attached hydrogens (tertiary/aromatic N) is 1. The van der Waals surface area contributed by atoms with E-state index in [0.717, 1.165) is 12.8 Å². The third kappa shape index (κ3) is 3.15. The predicted molar refractivity (Wildman–Crippen MR) is 67.0 cm³/mol. The minimum Gasteiger partial charge on any atom is -0.449 e. The molecule has 102 valence electrons. The van der Waals surface area contributed by atoms with E-state index in [9.17, 15) is 9.59 Å². The molecule has 2 heterocycles. The lowest BCUT2D eigenvalue weighted by atomic mass is 9.85. The molecule has 2 unspecified atom stereocenters. The molecule has 0 aromatic heterocycles. The lowest BCUT2D eigenvalue weighted by molar-refractivity contribution is -0.125. The van der Waals surface area contributed by atoms with Crippen molar-refractivity contribution in [3.8, 4) is 0 Å². The number of amides is 2. The molecular weight excluding hydrogens is 232 g/mol. The van der Waals surface area contributed by atoms with Crippen LogP contribution >= 0.6 is 0 Å². The molecule has 2 saturated heterocycles. The van der Waals surface area contributed by atoms with Gasteiger partial charge in [-0.2, -0.15) is 0 Å². The average molecular weight is 254 g/mol. The molecule has 18 heavy (non-hydrogen) atoms. The van der Waals surface area contributed by atoms with Crippen LogP contribution in [-0.4, -0.2) is 42.6 Å². The minimum absolute atomic E-state index is 0.145. The largest absolute Gasteiger partial charge is 0.449 e. The summed E-state index contributed by atoms with van der Waals surface area (Å²) < 4.78 is 5.24. The maximum Gasteiger partial charge on any atom is 0.409 e. The molecule has 2 amide bonds. The van der Waals surface area contributed by atoms with Crippen molar-refractivity contribution in [3.05, 3.63) is 0 Å². The third-order valence-electron chi connectivity index (χ3n) is 3.62. The lowest BCUT2D eigenvalue weighted by Gasteiger charge is -2.40. The second-order valence-electron chi connectivity index (χ2n) is 5.68. The fourth-order valence-corrected chi connectivity index (χ4v) is 2.61.